The van der Waals surface area contributed by atoms with Crippen molar-refractivity contribution in [3.05, 3.63) is 58.2 Å². The number of carbonyl (C=O) groups excluding carboxylic acids is 2. The molecule has 7 heteroatoms. The number of amides is 1. The molecule has 188 valence electrons. The van der Waals surface area contributed by atoms with Gasteiger partial charge < -0.3 is 24.2 Å². The molecule has 0 aliphatic carbocycles. The number of benzene rings is 2. The maximum absolute atomic E-state index is 13.4. The van der Waals surface area contributed by atoms with E-state index >= 15 is 0 Å². The van der Waals surface area contributed by atoms with Crippen molar-refractivity contribution in [1.29, 1.82) is 0 Å². The Morgan fingerprint density at radius 2 is 1.74 bits per heavy atom. The number of hydrogen-bond acceptors (Lipinski definition) is 6. The number of para-hydroxylation sites is 1. The summed E-state index contributed by atoms with van der Waals surface area (Å²) in [6.45, 7) is 8.30. The topological polar surface area (TPSA) is 85.3 Å². The van der Waals surface area contributed by atoms with Gasteiger partial charge in [0.25, 0.3) is 11.7 Å². The van der Waals surface area contributed by atoms with E-state index in [4.69, 9.17) is 14.2 Å². The maximum atomic E-state index is 13.4. The van der Waals surface area contributed by atoms with Crippen LogP contribution in [-0.4, -0.2) is 49.6 Å². The predicted molar refractivity (Wildman–Crippen MR) is 135 cm³/mol. The van der Waals surface area contributed by atoms with Crippen LogP contribution in [0.15, 0.2) is 35.9 Å². The van der Waals surface area contributed by atoms with E-state index in [0.717, 1.165) is 24.0 Å². The average Bonchev–Trinajstić information content (AvgIpc) is 3.10. The van der Waals surface area contributed by atoms with Gasteiger partial charge in [0.05, 0.1) is 32.9 Å². The molecule has 1 unspecified atom stereocenters. The summed E-state index contributed by atoms with van der Waals surface area (Å²) in [4.78, 5) is 28.1. The number of unbranched alkanes of at least 4 members (excludes halogenated alkanes) is 1. The molecule has 3 rings (SSSR count). The van der Waals surface area contributed by atoms with Crippen LogP contribution in [0.4, 0.5) is 0 Å². The van der Waals surface area contributed by atoms with Gasteiger partial charge in [0.2, 0.25) is 0 Å². The van der Waals surface area contributed by atoms with Crippen LogP contribution >= 0.6 is 0 Å². The van der Waals surface area contributed by atoms with Crippen LogP contribution in [0.1, 0.15) is 67.8 Å². The van der Waals surface area contributed by atoms with Crippen LogP contribution in [0.3, 0.4) is 0 Å². The Morgan fingerprint density at radius 3 is 2.31 bits per heavy atom. The molecule has 0 radical (unpaired) electrons. The second kappa shape index (κ2) is 10.8. The fraction of sp³-hybridized carbons (Fsp3) is 0.429. The number of nitrogens with zero attached hydrogens (tertiary/aromatic N) is 1. The van der Waals surface area contributed by atoms with E-state index in [9.17, 15) is 14.7 Å². The van der Waals surface area contributed by atoms with Crippen molar-refractivity contribution >= 4 is 17.4 Å². The minimum absolute atomic E-state index is 0.0422. The molecule has 1 N–H and O–H groups in total. The van der Waals surface area contributed by atoms with Crippen molar-refractivity contribution in [3.8, 4) is 17.2 Å². The lowest BCUT2D eigenvalue weighted by atomic mass is 9.90. The summed E-state index contributed by atoms with van der Waals surface area (Å²) in [5.41, 5.74) is 2.75. The minimum Gasteiger partial charge on any atom is -0.507 e. The molecule has 0 aromatic heterocycles. The Hall–Kier alpha value is -3.48. The number of likely N-dealkylation sites (tertiary alicyclic amines) is 1. The molecule has 0 spiro atoms. The van der Waals surface area contributed by atoms with Gasteiger partial charge >= 0.3 is 0 Å². The Bertz CT molecular complexity index is 1150. The number of aryl methyl sites for hydroxylation is 1. The van der Waals surface area contributed by atoms with Crippen molar-refractivity contribution in [2.45, 2.75) is 52.5 Å². The molecule has 0 bridgehead atoms. The van der Waals surface area contributed by atoms with Gasteiger partial charge in [-0.2, -0.15) is 0 Å². The summed E-state index contributed by atoms with van der Waals surface area (Å²) >= 11 is 0. The van der Waals surface area contributed by atoms with Crippen LogP contribution in [0.2, 0.25) is 0 Å². The number of ether oxygens (including phenoxy) is 3. The fourth-order valence-electron chi connectivity index (χ4n) is 4.62. The zero-order valence-corrected chi connectivity index (χ0v) is 21.6. The first-order valence-electron chi connectivity index (χ1n) is 11.9. The summed E-state index contributed by atoms with van der Waals surface area (Å²) in [7, 11) is 4.65. The number of Topliss-reactive ketones (excluding diaryl/α,β-unsaturated/α-hetero) is 1. The van der Waals surface area contributed by atoms with E-state index < -0.39 is 17.7 Å². The highest BCUT2D eigenvalue weighted by Crippen LogP contribution is 2.46. The van der Waals surface area contributed by atoms with E-state index in [2.05, 4.69) is 0 Å². The van der Waals surface area contributed by atoms with Crippen molar-refractivity contribution in [2.75, 3.05) is 27.9 Å². The summed E-state index contributed by atoms with van der Waals surface area (Å²) in [5.74, 6) is 0.179. The Morgan fingerprint density at radius 1 is 1.06 bits per heavy atom. The molecular weight excluding hydrogens is 446 g/mol. The molecule has 1 aliphatic heterocycles. The Labute approximate surface area is 207 Å². The van der Waals surface area contributed by atoms with Crippen molar-refractivity contribution in [2.24, 2.45) is 0 Å². The van der Waals surface area contributed by atoms with Gasteiger partial charge in [-0.15, -0.1) is 0 Å². The van der Waals surface area contributed by atoms with Crippen LogP contribution in [0.25, 0.3) is 5.76 Å². The number of ketones is 1. The molecule has 1 amide bonds. The second-order valence-electron chi connectivity index (χ2n) is 8.99. The molecule has 0 saturated carbocycles. The van der Waals surface area contributed by atoms with E-state index in [1.165, 1.54) is 19.1 Å². The smallest absolute Gasteiger partial charge is 0.295 e. The van der Waals surface area contributed by atoms with E-state index in [0.29, 0.717) is 34.9 Å². The highest BCUT2D eigenvalue weighted by atomic mass is 16.5. The van der Waals surface area contributed by atoms with Gasteiger partial charge in [0.1, 0.15) is 11.5 Å². The minimum atomic E-state index is -0.810. The monoisotopic (exact) mass is 481 g/mol. The summed E-state index contributed by atoms with van der Waals surface area (Å²) < 4.78 is 16.7. The number of carbonyl (C=O) groups is 2. The highest BCUT2D eigenvalue weighted by molar-refractivity contribution is 6.46. The van der Waals surface area contributed by atoms with Gasteiger partial charge in [-0.3, -0.25) is 9.59 Å². The lowest BCUT2D eigenvalue weighted by Crippen LogP contribution is -2.30. The first kappa shape index (κ1) is 26.1. The molecule has 2 aromatic rings. The highest BCUT2D eigenvalue weighted by Gasteiger charge is 2.47. The third-order valence-electron chi connectivity index (χ3n) is 6.47. The summed E-state index contributed by atoms with van der Waals surface area (Å²) in [6.07, 6.45) is 1.56. The number of aliphatic hydroxyl groups excluding tert-OH is 1. The van der Waals surface area contributed by atoms with Gasteiger partial charge in [-0.1, -0.05) is 39.3 Å². The third-order valence-corrected chi connectivity index (χ3v) is 6.47. The summed E-state index contributed by atoms with van der Waals surface area (Å²) in [5, 5.41) is 11.6. The molecule has 1 saturated heterocycles. The van der Waals surface area contributed by atoms with Gasteiger partial charge in [-0.25, -0.2) is 0 Å². The normalized spacial score (nSPS) is 17.3. The molecule has 1 fully saturated rings. The largest absolute Gasteiger partial charge is 0.507 e. The molecular formula is C28H35NO6. The number of methoxy groups -OCH3 is 3. The van der Waals surface area contributed by atoms with Gasteiger partial charge in [-0.05, 0) is 48.6 Å². The SMILES string of the molecule is CCCCN1C(=O)C(=O)/C(=C(/O)c2cc(C(C)C)c(OC)cc2C)C1c1cccc(OC)c1OC. The van der Waals surface area contributed by atoms with E-state index in [-0.39, 0.29) is 17.3 Å². The number of rotatable bonds is 9. The predicted octanol–water partition coefficient (Wildman–Crippen LogP) is 5.37. The summed E-state index contributed by atoms with van der Waals surface area (Å²) in [6, 6.07) is 8.21. The first-order valence-corrected chi connectivity index (χ1v) is 11.9. The lowest BCUT2D eigenvalue weighted by molar-refractivity contribution is -0.139. The fourth-order valence-corrected chi connectivity index (χ4v) is 4.62. The third kappa shape index (κ3) is 4.72. The average molecular weight is 482 g/mol. The van der Waals surface area contributed by atoms with Gasteiger partial charge in [0, 0.05) is 17.7 Å². The zero-order valence-electron chi connectivity index (χ0n) is 21.6. The van der Waals surface area contributed by atoms with Crippen LogP contribution < -0.4 is 14.2 Å². The van der Waals surface area contributed by atoms with Crippen LogP contribution in [-0.2, 0) is 9.59 Å². The molecule has 1 aliphatic rings. The lowest BCUT2D eigenvalue weighted by Gasteiger charge is -2.27. The number of hydrogen-bond donors (Lipinski definition) is 1. The molecule has 2 aromatic carbocycles. The van der Waals surface area contributed by atoms with Crippen molar-refractivity contribution < 1.29 is 28.9 Å². The van der Waals surface area contributed by atoms with E-state index in [1.54, 1.807) is 25.3 Å². The first-order chi connectivity index (χ1) is 16.7. The maximum Gasteiger partial charge on any atom is 0.295 e. The van der Waals surface area contributed by atoms with Crippen LogP contribution in [0, 0.1) is 6.92 Å². The Balaban J connectivity index is 2.33. The zero-order chi connectivity index (χ0) is 25.9. The molecule has 1 heterocycles. The van der Waals surface area contributed by atoms with Crippen molar-refractivity contribution in [3.63, 3.8) is 0 Å². The van der Waals surface area contributed by atoms with Crippen molar-refractivity contribution in [1.82, 2.24) is 4.90 Å². The Kier molecular flexibility index (Phi) is 8.10. The second-order valence-corrected chi connectivity index (χ2v) is 8.99. The molecule has 35 heavy (non-hydrogen) atoms. The standard InChI is InChI=1S/C28H35NO6/c1-8-9-13-29-24(18-11-10-12-21(33-5)27(18)35-7)23(26(31)28(29)32)25(30)20-15-19(16(2)3)22(34-6)14-17(20)4/h10-12,14-16,24,30H,8-9,13H2,1-7H3/b25-23+. The van der Waals surface area contributed by atoms with E-state index in [1.807, 2.05) is 39.8 Å². The molecule has 1 atom stereocenters. The quantitative estimate of drug-likeness (QED) is 0.295. The van der Waals surface area contributed by atoms with Gasteiger partial charge in [0.15, 0.2) is 11.5 Å². The van der Waals surface area contributed by atoms with Crippen LogP contribution in [0.5, 0.6) is 17.2 Å². The number of aliphatic hydroxyl groups is 1. The molecule has 7 nitrogen and oxygen atoms in total.